The van der Waals surface area contributed by atoms with Crippen LogP contribution < -0.4 is 10.9 Å². The summed E-state index contributed by atoms with van der Waals surface area (Å²) in [5.41, 5.74) is -0.807. The lowest BCUT2D eigenvalue weighted by Crippen LogP contribution is -2.27. The topological polar surface area (TPSA) is 64.0 Å². The predicted molar refractivity (Wildman–Crippen MR) is 110 cm³/mol. The summed E-state index contributed by atoms with van der Waals surface area (Å²) < 4.78 is 39.5. The molecule has 158 valence electrons. The molecule has 3 rings (SSSR count). The van der Waals surface area contributed by atoms with E-state index >= 15 is 0 Å². The summed E-state index contributed by atoms with van der Waals surface area (Å²) >= 11 is 0. The summed E-state index contributed by atoms with van der Waals surface area (Å²) in [5, 5.41) is 7.61. The molecule has 0 atom stereocenters. The van der Waals surface area contributed by atoms with Gasteiger partial charge in [-0.05, 0) is 36.8 Å². The SMILES string of the molecule is CCCCCCn1nc(C(=O)Nc2ccc(C(F)(F)F)cc2)c2ccccc2c1=O. The largest absolute Gasteiger partial charge is 0.416 e. The number of hydrogen-bond acceptors (Lipinski definition) is 3. The maximum atomic E-state index is 12.8. The van der Waals surface area contributed by atoms with Crippen LogP contribution in [0.2, 0.25) is 0 Å². The van der Waals surface area contributed by atoms with E-state index in [9.17, 15) is 22.8 Å². The number of nitrogens with one attached hydrogen (secondary N) is 1. The number of nitrogens with zero attached hydrogens (tertiary/aromatic N) is 2. The monoisotopic (exact) mass is 417 g/mol. The summed E-state index contributed by atoms with van der Waals surface area (Å²) in [6.07, 6.45) is -0.637. The van der Waals surface area contributed by atoms with Crippen molar-refractivity contribution in [1.82, 2.24) is 9.78 Å². The number of aromatic nitrogens is 2. The lowest BCUT2D eigenvalue weighted by atomic mass is 10.1. The molecular weight excluding hydrogens is 395 g/mol. The molecule has 0 fully saturated rings. The van der Waals surface area contributed by atoms with Crippen molar-refractivity contribution in [1.29, 1.82) is 0 Å². The van der Waals surface area contributed by atoms with E-state index in [1.807, 2.05) is 0 Å². The minimum absolute atomic E-state index is 0.0561. The highest BCUT2D eigenvalue weighted by molar-refractivity contribution is 6.11. The van der Waals surface area contributed by atoms with E-state index < -0.39 is 17.6 Å². The Hall–Kier alpha value is -3.16. The maximum absolute atomic E-state index is 12.8. The highest BCUT2D eigenvalue weighted by Gasteiger charge is 2.30. The summed E-state index contributed by atoms with van der Waals surface area (Å²) in [4.78, 5) is 25.6. The van der Waals surface area contributed by atoms with Crippen LogP contribution in [0.3, 0.4) is 0 Å². The smallest absolute Gasteiger partial charge is 0.321 e. The van der Waals surface area contributed by atoms with Crippen LogP contribution in [0, 0.1) is 0 Å². The van der Waals surface area contributed by atoms with Crippen molar-refractivity contribution in [3.8, 4) is 0 Å². The van der Waals surface area contributed by atoms with Crippen LogP contribution in [0.4, 0.5) is 18.9 Å². The number of fused-ring (bicyclic) bond motifs is 1. The zero-order chi connectivity index (χ0) is 21.7. The fourth-order valence-corrected chi connectivity index (χ4v) is 3.18. The minimum Gasteiger partial charge on any atom is -0.321 e. The molecule has 1 aromatic heterocycles. The molecule has 8 heteroatoms. The van der Waals surface area contributed by atoms with Crippen molar-refractivity contribution >= 4 is 22.4 Å². The molecule has 30 heavy (non-hydrogen) atoms. The number of amides is 1. The highest BCUT2D eigenvalue weighted by Crippen LogP contribution is 2.30. The normalized spacial score (nSPS) is 11.6. The molecule has 5 nitrogen and oxygen atoms in total. The molecule has 3 aromatic rings. The fourth-order valence-electron chi connectivity index (χ4n) is 3.18. The van der Waals surface area contributed by atoms with Gasteiger partial charge in [0.15, 0.2) is 5.69 Å². The van der Waals surface area contributed by atoms with Crippen LogP contribution in [0.5, 0.6) is 0 Å². The molecule has 0 aliphatic heterocycles. The Morgan fingerprint density at radius 1 is 1.00 bits per heavy atom. The second-order valence-corrected chi connectivity index (χ2v) is 7.01. The second-order valence-electron chi connectivity index (χ2n) is 7.01. The van der Waals surface area contributed by atoms with Gasteiger partial charge in [0.25, 0.3) is 11.5 Å². The molecule has 0 saturated carbocycles. The molecule has 1 N–H and O–H groups in total. The summed E-state index contributed by atoms with van der Waals surface area (Å²) in [6, 6.07) is 10.8. The molecule has 0 radical (unpaired) electrons. The van der Waals surface area contributed by atoms with Gasteiger partial charge in [-0.15, -0.1) is 0 Å². The number of benzene rings is 2. The number of carbonyl (C=O) groups is 1. The number of anilines is 1. The quantitative estimate of drug-likeness (QED) is 0.534. The number of aryl methyl sites for hydroxylation is 1. The number of halogens is 3. The van der Waals surface area contributed by atoms with Gasteiger partial charge in [-0.1, -0.05) is 44.4 Å². The number of unbranched alkanes of at least 4 members (excludes halogenated alkanes) is 3. The fraction of sp³-hybridized carbons (Fsp3) is 0.318. The van der Waals surface area contributed by atoms with E-state index in [0.717, 1.165) is 37.8 Å². The summed E-state index contributed by atoms with van der Waals surface area (Å²) in [6.45, 7) is 2.48. The molecule has 1 amide bonds. The van der Waals surface area contributed by atoms with Gasteiger partial charge in [-0.25, -0.2) is 4.68 Å². The van der Waals surface area contributed by atoms with Gasteiger partial charge >= 0.3 is 6.18 Å². The Morgan fingerprint density at radius 2 is 1.67 bits per heavy atom. The second kappa shape index (κ2) is 9.11. The molecule has 0 aliphatic carbocycles. The third kappa shape index (κ3) is 4.87. The maximum Gasteiger partial charge on any atom is 0.416 e. The van der Waals surface area contributed by atoms with Crippen LogP contribution >= 0.6 is 0 Å². The first kappa shape index (κ1) is 21.5. The van der Waals surface area contributed by atoms with E-state index in [2.05, 4.69) is 17.3 Å². The van der Waals surface area contributed by atoms with Gasteiger partial charge in [0, 0.05) is 17.6 Å². The number of rotatable bonds is 7. The van der Waals surface area contributed by atoms with Gasteiger partial charge in [0.1, 0.15) is 0 Å². The van der Waals surface area contributed by atoms with Crippen molar-refractivity contribution in [2.45, 2.75) is 45.3 Å². The van der Waals surface area contributed by atoms with Gasteiger partial charge in [-0.2, -0.15) is 18.3 Å². The van der Waals surface area contributed by atoms with Crippen molar-refractivity contribution in [3.63, 3.8) is 0 Å². The van der Waals surface area contributed by atoms with Crippen LogP contribution in [0.25, 0.3) is 10.8 Å². The molecule has 0 spiro atoms. The van der Waals surface area contributed by atoms with Crippen molar-refractivity contribution in [2.75, 3.05) is 5.32 Å². The standard InChI is InChI=1S/C22H22F3N3O2/c1-2-3-4-7-14-28-21(30)18-9-6-5-8-17(18)19(27-28)20(29)26-16-12-10-15(11-13-16)22(23,24)25/h5-6,8-13H,2-4,7,14H2,1H3,(H,26,29). The molecule has 0 saturated heterocycles. The molecule has 0 aliphatic rings. The van der Waals surface area contributed by atoms with E-state index in [4.69, 9.17) is 0 Å². The van der Waals surface area contributed by atoms with Crippen LogP contribution in [0.1, 0.15) is 48.7 Å². The lowest BCUT2D eigenvalue weighted by Gasteiger charge is -2.12. The third-order valence-corrected chi connectivity index (χ3v) is 4.78. The van der Waals surface area contributed by atoms with Gasteiger partial charge < -0.3 is 5.32 Å². The Kier molecular flexibility index (Phi) is 6.54. The Labute approximate surface area is 171 Å². The molecular formula is C22H22F3N3O2. The zero-order valence-electron chi connectivity index (χ0n) is 16.5. The van der Waals surface area contributed by atoms with E-state index in [1.165, 1.54) is 16.8 Å². The van der Waals surface area contributed by atoms with E-state index in [0.29, 0.717) is 17.3 Å². The van der Waals surface area contributed by atoms with Crippen molar-refractivity contribution in [2.24, 2.45) is 0 Å². The Morgan fingerprint density at radius 3 is 2.30 bits per heavy atom. The lowest BCUT2D eigenvalue weighted by molar-refractivity contribution is -0.137. The average molecular weight is 417 g/mol. The summed E-state index contributed by atoms with van der Waals surface area (Å²) in [5.74, 6) is -0.590. The first-order chi connectivity index (χ1) is 14.3. The van der Waals surface area contributed by atoms with Crippen molar-refractivity contribution < 1.29 is 18.0 Å². The third-order valence-electron chi connectivity index (χ3n) is 4.78. The summed E-state index contributed by atoms with van der Waals surface area (Å²) in [7, 11) is 0. The first-order valence-corrected chi connectivity index (χ1v) is 9.79. The Balaban J connectivity index is 1.90. The molecule has 2 aromatic carbocycles. The molecule has 0 unspecified atom stereocenters. The van der Waals surface area contributed by atoms with Crippen LogP contribution in [-0.4, -0.2) is 15.7 Å². The first-order valence-electron chi connectivity index (χ1n) is 9.79. The zero-order valence-corrected chi connectivity index (χ0v) is 16.5. The predicted octanol–water partition coefficient (Wildman–Crippen LogP) is 5.25. The van der Waals surface area contributed by atoms with Crippen molar-refractivity contribution in [3.05, 3.63) is 70.1 Å². The average Bonchev–Trinajstić information content (AvgIpc) is 2.72. The Bertz CT molecular complexity index is 1090. The number of hydrogen-bond donors (Lipinski definition) is 1. The van der Waals surface area contributed by atoms with Gasteiger partial charge in [-0.3, -0.25) is 9.59 Å². The molecule has 0 bridgehead atoms. The number of carbonyl (C=O) groups excluding carboxylic acids is 1. The van der Waals surface area contributed by atoms with Crippen LogP contribution in [0.15, 0.2) is 53.3 Å². The van der Waals surface area contributed by atoms with E-state index in [1.54, 1.807) is 24.3 Å². The number of alkyl halides is 3. The van der Waals surface area contributed by atoms with Gasteiger partial charge in [0.2, 0.25) is 0 Å². The highest BCUT2D eigenvalue weighted by atomic mass is 19.4. The van der Waals surface area contributed by atoms with Gasteiger partial charge in [0.05, 0.1) is 10.9 Å². The molecule has 1 heterocycles. The van der Waals surface area contributed by atoms with E-state index in [-0.39, 0.29) is 16.9 Å². The minimum atomic E-state index is -4.45. The van der Waals surface area contributed by atoms with Crippen LogP contribution in [-0.2, 0) is 12.7 Å².